The van der Waals surface area contributed by atoms with Crippen LogP contribution in [0.1, 0.15) is 37.7 Å². The molecule has 1 aromatic carbocycles. The summed E-state index contributed by atoms with van der Waals surface area (Å²) < 4.78 is 22.8. The van der Waals surface area contributed by atoms with E-state index in [-0.39, 0.29) is 29.6 Å². The molecule has 0 aliphatic carbocycles. The van der Waals surface area contributed by atoms with Gasteiger partial charge >= 0.3 is 17.9 Å². The minimum absolute atomic E-state index is 0.0291. The molecule has 212 valence electrons. The number of aromatic nitrogens is 1. The Labute approximate surface area is 230 Å². The van der Waals surface area contributed by atoms with Crippen LogP contribution in [0.4, 0.5) is 0 Å². The molecule has 0 spiro atoms. The first-order valence-electron chi connectivity index (χ1n) is 12.5. The van der Waals surface area contributed by atoms with E-state index in [1.54, 1.807) is 38.1 Å². The summed E-state index contributed by atoms with van der Waals surface area (Å²) >= 11 is 0. The molecule has 1 aliphatic rings. The van der Waals surface area contributed by atoms with Crippen molar-refractivity contribution in [2.45, 2.75) is 57.1 Å². The number of carbonyl (C=O) groups is 3. The topological polar surface area (TPSA) is 216 Å². The second kappa shape index (κ2) is 13.0. The lowest BCUT2D eigenvalue weighted by Gasteiger charge is -2.28. The van der Waals surface area contributed by atoms with E-state index in [0.717, 1.165) is 18.8 Å². The quantitative estimate of drug-likeness (QED) is 0.134. The lowest BCUT2D eigenvalue weighted by atomic mass is 9.92. The number of nitrogens with zero attached hydrogens (tertiary/aromatic N) is 2. The summed E-state index contributed by atoms with van der Waals surface area (Å²) in [5.41, 5.74) is 10.9. The fourth-order valence-electron chi connectivity index (χ4n) is 4.14. The van der Waals surface area contributed by atoms with E-state index in [9.17, 15) is 19.6 Å². The monoisotopic (exact) mass is 552 g/mol. The maximum Gasteiger partial charge on any atom is 0.323 e. The Kier molecular flexibility index (Phi) is 9.76. The van der Waals surface area contributed by atoms with Crippen LogP contribution in [0.25, 0.3) is 0 Å². The zero-order valence-corrected chi connectivity index (χ0v) is 22.3. The SMILES string of the molecule is CC(=O)O[C@@H]1[C@H](OC(=O)[C@@H](N)C(C)C)[C@@H](COC(=O)Cc2ccccc2)O[C@@]1(C#N)c1ccc(/C(N)=N\C=N)[nH]1. The first kappa shape index (κ1) is 30.0. The minimum Gasteiger partial charge on any atom is -0.463 e. The normalized spacial score (nSPS) is 23.2. The molecule has 40 heavy (non-hydrogen) atoms. The molecule has 13 nitrogen and oxygen atoms in total. The fraction of sp³-hybridized carbons (Fsp3) is 0.407. The van der Waals surface area contributed by atoms with E-state index in [2.05, 4.69) is 9.98 Å². The third-order valence-electron chi connectivity index (χ3n) is 6.27. The van der Waals surface area contributed by atoms with Gasteiger partial charge in [0.05, 0.1) is 17.8 Å². The van der Waals surface area contributed by atoms with Crippen LogP contribution in [-0.2, 0) is 45.4 Å². The summed E-state index contributed by atoms with van der Waals surface area (Å²) in [4.78, 5) is 44.3. The van der Waals surface area contributed by atoms with Gasteiger partial charge in [0.25, 0.3) is 0 Å². The minimum atomic E-state index is -2.03. The molecule has 13 heteroatoms. The van der Waals surface area contributed by atoms with Crippen LogP contribution in [-0.4, -0.2) is 66.0 Å². The third-order valence-corrected chi connectivity index (χ3v) is 6.27. The molecule has 0 saturated carbocycles. The van der Waals surface area contributed by atoms with Crippen molar-refractivity contribution in [1.29, 1.82) is 10.7 Å². The summed E-state index contributed by atoms with van der Waals surface area (Å²) in [6.07, 6.45) is -3.35. The number of amidine groups is 1. The van der Waals surface area contributed by atoms with Crippen molar-refractivity contribution in [3.63, 3.8) is 0 Å². The lowest BCUT2D eigenvalue weighted by molar-refractivity contribution is -0.170. The Bertz CT molecular complexity index is 1300. The van der Waals surface area contributed by atoms with Crippen molar-refractivity contribution < 1.29 is 33.3 Å². The van der Waals surface area contributed by atoms with Crippen LogP contribution in [0.15, 0.2) is 47.5 Å². The highest BCUT2D eigenvalue weighted by Gasteiger charge is 2.62. The molecule has 6 N–H and O–H groups in total. The van der Waals surface area contributed by atoms with Crippen molar-refractivity contribution in [1.82, 2.24) is 4.98 Å². The number of ether oxygens (including phenoxy) is 4. The number of nitrogens with one attached hydrogen (secondary N) is 2. The van der Waals surface area contributed by atoms with E-state index in [1.807, 2.05) is 12.1 Å². The van der Waals surface area contributed by atoms with Crippen LogP contribution < -0.4 is 11.5 Å². The Morgan fingerprint density at radius 2 is 1.93 bits per heavy atom. The summed E-state index contributed by atoms with van der Waals surface area (Å²) in [5.74, 6) is -2.51. The highest BCUT2D eigenvalue weighted by atomic mass is 16.7. The van der Waals surface area contributed by atoms with Gasteiger partial charge in [-0.15, -0.1) is 0 Å². The molecular formula is C27H32N6O7. The highest BCUT2D eigenvalue weighted by Crippen LogP contribution is 2.43. The number of carbonyl (C=O) groups excluding carboxylic acids is 3. The lowest BCUT2D eigenvalue weighted by Crippen LogP contribution is -2.48. The van der Waals surface area contributed by atoms with E-state index >= 15 is 0 Å². The second-order valence-electron chi connectivity index (χ2n) is 9.48. The van der Waals surface area contributed by atoms with Gasteiger partial charge in [0.15, 0.2) is 12.2 Å². The maximum atomic E-state index is 12.9. The molecule has 1 aromatic heterocycles. The van der Waals surface area contributed by atoms with Gasteiger partial charge in [-0.05, 0) is 23.6 Å². The number of esters is 3. The number of benzene rings is 1. The predicted molar refractivity (Wildman–Crippen MR) is 142 cm³/mol. The van der Waals surface area contributed by atoms with E-state index in [1.165, 1.54) is 12.1 Å². The van der Waals surface area contributed by atoms with E-state index < -0.39 is 54.5 Å². The molecule has 1 fully saturated rings. The largest absolute Gasteiger partial charge is 0.463 e. The smallest absolute Gasteiger partial charge is 0.323 e. The number of rotatable bonds is 11. The summed E-state index contributed by atoms with van der Waals surface area (Å²) in [6, 6.07) is 12.9. The van der Waals surface area contributed by atoms with Crippen LogP contribution in [0.3, 0.4) is 0 Å². The average Bonchev–Trinajstić information content (AvgIpc) is 3.52. The Balaban J connectivity index is 1.99. The Morgan fingerprint density at radius 1 is 1.23 bits per heavy atom. The Morgan fingerprint density at radius 3 is 2.52 bits per heavy atom. The summed E-state index contributed by atoms with van der Waals surface area (Å²) in [5, 5.41) is 17.5. The van der Waals surface area contributed by atoms with Crippen LogP contribution in [0.5, 0.6) is 0 Å². The van der Waals surface area contributed by atoms with Gasteiger partial charge in [-0.2, -0.15) is 5.26 Å². The molecule has 3 rings (SSSR count). The van der Waals surface area contributed by atoms with Crippen molar-refractivity contribution >= 4 is 30.1 Å². The van der Waals surface area contributed by atoms with Crippen LogP contribution >= 0.6 is 0 Å². The number of aromatic amines is 1. The number of H-pyrrole nitrogens is 1. The summed E-state index contributed by atoms with van der Waals surface area (Å²) in [6.45, 7) is 4.16. The zero-order chi connectivity index (χ0) is 29.4. The molecule has 5 atom stereocenters. The molecule has 2 aromatic rings. The number of hydrogen-bond donors (Lipinski definition) is 4. The first-order valence-corrected chi connectivity index (χ1v) is 12.5. The van der Waals surface area contributed by atoms with Gasteiger partial charge < -0.3 is 35.4 Å². The molecule has 1 saturated heterocycles. The summed E-state index contributed by atoms with van der Waals surface area (Å²) in [7, 11) is 0. The molecule has 2 heterocycles. The zero-order valence-electron chi connectivity index (χ0n) is 22.3. The third kappa shape index (κ3) is 6.71. The maximum absolute atomic E-state index is 12.9. The van der Waals surface area contributed by atoms with Crippen molar-refractivity contribution in [3.8, 4) is 6.07 Å². The van der Waals surface area contributed by atoms with Gasteiger partial charge in [-0.3, -0.25) is 19.8 Å². The van der Waals surface area contributed by atoms with Crippen molar-refractivity contribution in [2.24, 2.45) is 22.4 Å². The van der Waals surface area contributed by atoms with Crippen molar-refractivity contribution in [2.75, 3.05) is 6.61 Å². The van der Waals surface area contributed by atoms with Gasteiger partial charge in [0, 0.05) is 6.92 Å². The van der Waals surface area contributed by atoms with E-state index in [4.69, 9.17) is 35.8 Å². The Hall–Kier alpha value is -4.54. The van der Waals surface area contributed by atoms with Crippen LogP contribution in [0, 0.1) is 22.7 Å². The molecule has 0 radical (unpaired) electrons. The van der Waals surface area contributed by atoms with Gasteiger partial charge in [0.1, 0.15) is 37.0 Å². The number of hydrogen-bond acceptors (Lipinski definition) is 10. The number of nitriles is 1. The molecule has 0 unspecified atom stereocenters. The average molecular weight is 553 g/mol. The highest BCUT2D eigenvalue weighted by molar-refractivity contribution is 5.99. The molecular weight excluding hydrogens is 520 g/mol. The van der Waals surface area contributed by atoms with E-state index in [0.29, 0.717) is 0 Å². The molecule has 0 amide bonds. The standard InChI is InChI=1S/C27H32N6O7/c1-15(2)22(30)26(36)39-23-19(12-37-21(35)11-17-7-5-4-6-8-17)40-27(13-28,24(23)38-16(3)34)20-10-9-18(33-20)25(31)32-14-29/h4-10,14-15,19,22-24,33H,11-12,30H2,1-3H3,(H3,29,31,32)/t19-,22+,23-,24-,27+/m1/s1. The van der Waals surface area contributed by atoms with Crippen LogP contribution in [0.2, 0.25) is 0 Å². The van der Waals surface area contributed by atoms with Crippen molar-refractivity contribution in [3.05, 3.63) is 59.4 Å². The fourth-order valence-corrected chi connectivity index (χ4v) is 4.14. The molecule has 1 aliphatic heterocycles. The molecule has 0 bridgehead atoms. The number of aliphatic imine (C=N–C) groups is 1. The second-order valence-corrected chi connectivity index (χ2v) is 9.48. The predicted octanol–water partition coefficient (Wildman–Crippen LogP) is 1.06. The number of nitrogens with two attached hydrogens (primary N) is 2. The van der Waals surface area contributed by atoms with Gasteiger partial charge in [-0.25, -0.2) is 4.99 Å². The first-order chi connectivity index (χ1) is 19.0. The van der Waals surface area contributed by atoms with Gasteiger partial charge in [0.2, 0.25) is 5.60 Å². The van der Waals surface area contributed by atoms with Gasteiger partial charge in [-0.1, -0.05) is 44.2 Å².